The van der Waals surface area contributed by atoms with E-state index in [0.717, 1.165) is 23.8 Å². The molecule has 2 nitrogen and oxygen atoms in total. The topological polar surface area (TPSA) is 25.8 Å². The van der Waals surface area contributed by atoms with Gasteiger partial charge in [0.15, 0.2) is 0 Å². The van der Waals surface area contributed by atoms with Gasteiger partial charge in [0.25, 0.3) is 0 Å². The first-order valence-electron chi connectivity index (χ1n) is 5.40. The van der Waals surface area contributed by atoms with Crippen molar-refractivity contribution in [1.29, 1.82) is 0 Å². The van der Waals surface area contributed by atoms with Gasteiger partial charge in [0.05, 0.1) is 0 Å². The lowest BCUT2D eigenvalue weighted by Gasteiger charge is -2.24. The average molecular weight is 209 g/mol. The Morgan fingerprint density at radius 3 is 2.64 bits per heavy atom. The van der Waals surface area contributed by atoms with Gasteiger partial charge in [-0.2, -0.15) is 0 Å². The lowest BCUT2D eigenvalue weighted by molar-refractivity contribution is 0.400. The van der Waals surface area contributed by atoms with Crippen LogP contribution in [0.25, 0.3) is 0 Å². The normalized spacial score (nSPS) is 20.6. The largest absolute Gasteiger partial charge is 0.237 e. The summed E-state index contributed by atoms with van der Waals surface area (Å²) in [4.78, 5) is 9.06. The molecule has 1 heterocycles. The molecule has 0 unspecified atom stereocenters. The van der Waals surface area contributed by atoms with Crippen molar-refractivity contribution in [3.05, 3.63) is 22.2 Å². The zero-order valence-electron chi connectivity index (χ0n) is 8.09. The van der Waals surface area contributed by atoms with Gasteiger partial charge in [0.2, 0.25) is 0 Å². The van der Waals surface area contributed by atoms with Gasteiger partial charge in [-0.25, -0.2) is 9.97 Å². The lowest BCUT2D eigenvalue weighted by atomic mass is 9.85. The summed E-state index contributed by atoms with van der Waals surface area (Å²) in [5, 5.41) is 0.717. The molecular formula is C11H13ClN2. The summed E-state index contributed by atoms with van der Waals surface area (Å²) in [5.41, 5.74) is 2.42. The summed E-state index contributed by atoms with van der Waals surface area (Å²) in [6.07, 6.45) is 7.17. The van der Waals surface area contributed by atoms with Gasteiger partial charge in [-0.3, -0.25) is 0 Å². The molecule has 0 N–H and O–H groups in total. The molecule has 0 radical (unpaired) electrons. The third-order valence-corrected chi connectivity index (χ3v) is 3.68. The van der Waals surface area contributed by atoms with Gasteiger partial charge in [-0.15, -0.1) is 0 Å². The van der Waals surface area contributed by atoms with Crippen LogP contribution in [-0.4, -0.2) is 9.97 Å². The van der Waals surface area contributed by atoms with Crippen LogP contribution in [0.1, 0.15) is 48.7 Å². The highest BCUT2D eigenvalue weighted by Crippen LogP contribution is 2.36. The van der Waals surface area contributed by atoms with Crippen LogP contribution in [0.15, 0.2) is 0 Å². The summed E-state index contributed by atoms with van der Waals surface area (Å²) >= 11 is 6.15. The molecule has 2 aliphatic rings. The third-order valence-electron chi connectivity index (χ3n) is 3.37. The van der Waals surface area contributed by atoms with Gasteiger partial charge in [-0.1, -0.05) is 18.0 Å². The minimum atomic E-state index is 0.596. The lowest BCUT2D eigenvalue weighted by Crippen LogP contribution is -2.14. The molecule has 0 amide bonds. The predicted molar refractivity (Wildman–Crippen MR) is 55.7 cm³/mol. The van der Waals surface area contributed by atoms with E-state index in [1.165, 1.54) is 36.9 Å². The summed E-state index contributed by atoms with van der Waals surface area (Å²) in [6.45, 7) is 0. The zero-order valence-corrected chi connectivity index (χ0v) is 8.85. The Morgan fingerprint density at radius 2 is 1.93 bits per heavy atom. The molecular weight excluding hydrogens is 196 g/mol. The smallest absolute Gasteiger partial charge is 0.136 e. The first kappa shape index (κ1) is 8.66. The maximum absolute atomic E-state index is 6.15. The average Bonchev–Trinajstić information content (AvgIpc) is 2.48. The van der Waals surface area contributed by atoms with Crippen LogP contribution in [0.5, 0.6) is 0 Å². The molecule has 1 saturated carbocycles. The SMILES string of the molecule is Clc1nc(C2CCC2)nc2c1CCC2. The van der Waals surface area contributed by atoms with Crippen LogP contribution in [0, 0.1) is 0 Å². The predicted octanol–water partition coefficient (Wildman–Crippen LogP) is 2.89. The number of nitrogens with zero attached hydrogens (tertiary/aromatic N) is 2. The number of rotatable bonds is 1. The second-order valence-corrected chi connectivity index (χ2v) is 4.64. The van der Waals surface area contributed by atoms with E-state index >= 15 is 0 Å². The highest BCUT2D eigenvalue weighted by molar-refractivity contribution is 6.30. The van der Waals surface area contributed by atoms with Crippen molar-refractivity contribution in [3.8, 4) is 0 Å². The Labute approximate surface area is 88.7 Å². The van der Waals surface area contributed by atoms with E-state index in [4.69, 9.17) is 11.6 Å². The van der Waals surface area contributed by atoms with Gasteiger partial charge in [-0.05, 0) is 32.1 Å². The van der Waals surface area contributed by atoms with E-state index in [9.17, 15) is 0 Å². The van der Waals surface area contributed by atoms with E-state index in [1.807, 2.05) is 0 Å². The molecule has 1 fully saturated rings. The second-order valence-electron chi connectivity index (χ2n) is 4.28. The van der Waals surface area contributed by atoms with Gasteiger partial charge in [0, 0.05) is 17.2 Å². The molecule has 0 aliphatic heterocycles. The Kier molecular flexibility index (Phi) is 1.98. The fraction of sp³-hybridized carbons (Fsp3) is 0.636. The first-order chi connectivity index (χ1) is 6.84. The summed E-state index contributed by atoms with van der Waals surface area (Å²) in [6, 6.07) is 0. The zero-order chi connectivity index (χ0) is 9.54. The quantitative estimate of drug-likeness (QED) is 0.664. The van der Waals surface area contributed by atoms with Gasteiger partial charge in [0.1, 0.15) is 11.0 Å². The van der Waals surface area contributed by atoms with Gasteiger partial charge >= 0.3 is 0 Å². The molecule has 74 valence electrons. The Balaban J connectivity index is 2.02. The molecule has 1 aromatic heterocycles. The van der Waals surface area contributed by atoms with Crippen molar-refractivity contribution >= 4 is 11.6 Å². The van der Waals surface area contributed by atoms with Crippen molar-refractivity contribution in [2.75, 3.05) is 0 Å². The number of hydrogen-bond donors (Lipinski definition) is 0. The number of fused-ring (bicyclic) bond motifs is 1. The molecule has 0 aromatic carbocycles. The molecule has 3 heteroatoms. The van der Waals surface area contributed by atoms with Crippen molar-refractivity contribution in [2.24, 2.45) is 0 Å². The van der Waals surface area contributed by atoms with Crippen molar-refractivity contribution in [3.63, 3.8) is 0 Å². The van der Waals surface area contributed by atoms with E-state index in [2.05, 4.69) is 9.97 Å². The minimum absolute atomic E-state index is 0.596. The monoisotopic (exact) mass is 208 g/mol. The van der Waals surface area contributed by atoms with Crippen molar-refractivity contribution in [2.45, 2.75) is 44.4 Å². The second kappa shape index (κ2) is 3.20. The fourth-order valence-corrected chi connectivity index (χ4v) is 2.54. The molecule has 0 spiro atoms. The molecule has 0 bridgehead atoms. The molecule has 0 saturated heterocycles. The molecule has 2 aliphatic carbocycles. The summed E-state index contributed by atoms with van der Waals surface area (Å²) < 4.78 is 0. The Hall–Kier alpha value is -0.630. The van der Waals surface area contributed by atoms with E-state index < -0.39 is 0 Å². The summed E-state index contributed by atoms with van der Waals surface area (Å²) in [7, 11) is 0. The maximum Gasteiger partial charge on any atom is 0.136 e. The van der Waals surface area contributed by atoms with Crippen molar-refractivity contribution < 1.29 is 0 Å². The van der Waals surface area contributed by atoms with Crippen LogP contribution < -0.4 is 0 Å². The highest BCUT2D eigenvalue weighted by atomic mass is 35.5. The number of aromatic nitrogens is 2. The molecule has 3 rings (SSSR count). The maximum atomic E-state index is 6.15. The van der Waals surface area contributed by atoms with E-state index in [-0.39, 0.29) is 0 Å². The first-order valence-corrected chi connectivity index (χ1v) is 5.77. The van der Waals surface area contributed by atoms with Crippen LogP contribution in [0.2, 0.25) is 5.15 Å². The Morgan fingerprint density at radius 1 is 1.07 bits per heavy atom. The van der Waals surface area contributed by atoms with Crippen LogP contribution in [0.4, 0.5) is 0 Å². The standard InChI is InChI=1S/C11H13ClN2/c12-10-8-5-2-6-9(8)13-11(14-10)7-3-1-4-7/h7H,1-6H2. The molecule has 1 aromatic rings. The van der Waals surface area contributed by atoms with Gasteiger partial charge < -0.3 is 0 Å². The highest BCUT2D eigenvalue weighted by Gasteiger charge is 2.25. The third kappa shape index (κ3) is 1.24. The number of aryl methyl sites for hydroxylation is 1. The number of halogens is 1. The Bertz CT molecular complexity index is 372. The van der Waals surface area contributed by atoms with E-state index in [0.29, 0.717) is 5.92 Å². The van der Waals surface area contributed by atoms with Crippen LogP contribution in [-0.2, 0) is 12.8 Å². The summed E-state index contributed by atoms with van der Waals surface area (Å²) in [5.74, 6) is 1.60. The van der Waals surface area contributed by atoms with Crippen molar-refractivity contribution in [1.82, 2.24) is 9.97 Å². The number of hydrogen-bond acceptors (Lipinski definition) is 2. The molecule has 0 atom stereocenters. The molecule has 14 heavy (non-hydrogen) atoms. The van der Waals surface area contributed by atoms with E-state index in [1.54, 1.807) is 0 Å². The van der Waals surface area contributed by atoms with Crippen LogP contribution >= 0.6 is 11.6 Å². The van der Waals surface area contributed by atoms with Crippen LogP contribution in [0.3, 0.4) is 0 Å². The fourth-order valence-electron chi connectivity index (χ4n) is 2.25. The minimum Gasteiger partial charge on any atom is -0.237 e.